The molecule has 140 valence electrons. The second kappa shape index (κ2) is 10.5. The number of likely N-dealkylation sites (N-methyl/N-ethyl adjacent to an activating group) is 1. The van der Waals surface area contributed by atoms with Crippen molar-refractivity contribution in [2.75, 3.05) is 38.7 Å². The summed E-state index contributed by atoms with van der Waals surface area (Å²) in [5, 5.41) is 0.418. The van der Waals surface area contributed by atoms with E-state index in [-0.39, 0.29) is 5.97 Å². The lowest BCUT2D eigenvalue weighted by molar-refractivity contribution is 0.0505. The molecular formula is C20H32N2O2S. The molecule has 25 heavy (non-hydrogen) atoms. The fraction of sp³-hybridized carbons (Fsp3) is 0.550. The zero-order chi connectivity index (χ0) is 19.0. The van der Waals surface area contributed by atoms with Crippen LogP contribution >= 0.6 is 11.8 Å². The van der Waals surface area contributed by atoms with Crippen LogP contribution in [0.1, 0.15) is 44.5 Å². The Labute approximate surface area is 157 Å². The smallest absolute Gasteiger partial charge is 0.338 e. The molecule has 0 unspecified atom stereocenters. The van der Waals surface area contributed by atoms with Crippen LogP contribution in [0.15, 0.2) is 35.4 Å². The van der Waals surface area contributed by atoms with Gasteiger partial charge >= 0.3 is 5.97 Å². The van der Waals surface area contributed by atoms with E-state index in [0.717, 1.165) is 35.8 Å². The average Bonchev–Trinajstić information content (AvgIpc) is 2.52. The summed E-state index contributed by atoms with van der Waals surface area (Å²) in [6.45, 7) is 14.7. The molecule has 0 saturated heterocycles. The maximum Gasteiger partial charge on any atom is 0.338 e. The van der Waals surface area contributed by atoms with Gasteiger partial charge in [-0.2, -0.15) is 0 Å². The molecule has 0 aromatic heterocycles. The fourth-order valence-corrected chi connectivity index (χ4v) is 3.31. The van der Waals surface area contributed by atoms with Crippen molar-refractivity contribution in [3.63, 3.8) is 0 Å². The Balaban J connectivity index is 3.18. The topological polar surface area (TPSA) is 32.8 Å². The summed E-state index contributed by atoms with van der Waals surface area (Å²) in [4.78, 5) is 17.7. The van der Waals surface area contributed by atoms with Gasteiger partial charge < -0.3 is 14.5 Å². The minimum Gasteiger partial charge on any atom is -0.462 e. The van der Waals surface area contributed by atoms with E-state index in [1.54, 1.807) is 11.8 Å². The predicted octanol–water partition coefficient (Wildman–Crippen LogP) is 4.66. The van der Waals surface area contributed by atoms with E-state index in [0.29, 0.717) is 17.4 Å². The molecule has 0 aliphatic carbocycles. The van der Waals surface area contributed by atoms with Gasteiger partial charge in [-0.25, -0.2) is 4.79 Å². The Bertz CT molecular complexity index is 585. The van der Waals surface area contributed by atoms with E-state index in [4.69, 9.17) is 4.74 Å². The summed E-state index contributed by atoms with van der Waals surface area (Å²) in [7, 11) is 4.13. The number of ether oxygens (including phenoxy) is 1. The summed E-state index contributed by atoms with van der Waals surface area (Å²) in [5.74, 6) is -0.255. The standard InChI is InChI=1S/C20H32N2O2S/c1-8-13-24-20(23)17-9-10-18(19(14-17)25-16(4)5)22(15(2)3)12-11-21(6)7/h9-10,14,16H,2,8,11-13H2,1,3-7H3. The second-order valence-electron chi connectivity index (χ2n) is 6.68. The van der Waals surface area contributed by atoms with Gasteiger partial charge in [-0.15, -0.1) is 11.8 Å². The Hall–Kier alpha value is -1.46. The molecule has 0 atom stereocenters. The highest BCUT2D eigenvalue weighted by molar-refractivity contribution is 8.00. The Morgan fingerprint density at radius 1 is 1.28 bits per heavy atom. The highest BCUT2D eigenvalue weighted by Crippen LogP contribution is 2.35. The van der Waals surface area contributed by atoms with Crippen molar-refractivity contribution in [1.29, 1.82) is 0 Å². The first-order chi connectivity index (χ1) is 11.8. The number of allylic oxidation sites excluding steroid dienone is 1. The first kappa shape index (κ1) is 21.6. The highest BCUT2D eigenvalue weighted by atomic mass is 32.2. The van der Waals surface area contributed by atoms with Gasteiger partial charge in [-0.05, 0) is 45.6 Å². The third-order valence-electron chi connectivity index (χ3n) is 3.52. The Morgan fingerprint density at radius 3 is 2.48 bits per heavy atom. The number of thioether (sulfide) groups is 1. The van der Waals surface area contributed by atoms with Gasteiger partial charge in [0.2, 0.25) is 0 Å². The molecule has 0 N–H and O–H groups in total. The van der Waals surface area contributed by atoms with Crippen molar-refractivity contribution in [3.05, 3.63) is 36.0 Å². The summed E-state index contributed by atoms with van der Waals surface area (Å²) < 4.78 is 5.28. The molecule has 0 saturated carbocycles. The molecule has 0 aliphatic rings. The predicted molar refractivity (Wildman–Crippen MR) is 109 cm³/mol. The van der Waals surface area contributed by atoms with Crippen molar-refractivity contribution in [2.45, 2.75) is 44.3 Å². The summed E-state index contributed by atoms with van der Waals surface area (Å²) in [5.41, 5.74) is 2.70. The number of carbonyl (C=O) groups excluding carboxylic acids is 1. The van der Waals surface area contributed by atoms with Crippen LogP contribution in [-0.4, -0.2) is 49.9 Å². The Morgan fingerprint density at radius 2 is 1.96 bits per heavy atom. The summed E-state index contributed by atoms with van der Waals surface area (Å²) in [6, 6.07) is 5.81. The number of esters is 1. The van der Waals surface area contributed by atoms with Gasteiger partial charge in [0.05, 0.1) is 17.9 Å². The van der Waals surface area contributed by atoms with Crippen LogP contribution in [0.25, 0.3) is 0 Å². The maximum atomic E-state index is 12.2. The van der Waals surface area contributed by atoms with E-state index < -0.39 is 0 Å². The lowest BCUT2D eigenvalue weighted by Crippen LogP contribution is -2.30. The molecule has 0 heterocycles. The van der Waals surface area contributed by atoms with Gasteiger partial charge in [-0.3, -0.25) is 0 Å². The quantitative estimate of drug-likeness (QED) is 0.445. The first-order valence-electron chi connectivity index (χ1n) is 8.81. The maximum absolute atomic E-state index is 12.2. The molecule has 0 fully saturated rings. The molecule has 0 bridgehead atoms. The largest absolute Gasteiger partial charge is 0.462 e. The lowest BCUT2D eigenvalue weighted by Gasteiger charge is -2.29. The van der Waals surface area contributed by atoms with Gasteiger partial charge in [-0.1, -0.05) is 27.4 Å². The molecule has 5 heteroatoms. The van der Waals surface area contributed by atoms with Gasteiger partial charge in [0.25, 0.3) is 0 Å². The average molecular weight is 365 g/mol. The molecule has 0 radical (unpaired) electrons. The van der Waals surface area contributed by atoms with E-state index in [2.05, 4.69) is 44.3 Å². The number of carbonyl (C=O) groups is 1. The van der Waals surface area contributed by atoms with Crippen LogP contribution in [0.3, 0.4) is 0 Å². The molecule has 4 nitrogen and oxygen atoms in total. The summed E-state index contributed by atoms with van der Waals surface area (Å²) in [6.07, 6.45) is 0.825. The zero-order valence-electron chi connectivity index (χ0n) is 16.5. The molecule has 0 amide bonds. The minimum atomic E-state index is -0.255. The van der Waals surface area contributed by atoms with Crippen molar-refractivity contribution < 1.29 is 9.53 Å². The van der Waals surface area contributed by atoms with Crippen molar-refractivity contribution >= 4 is 23.4 Å². The molecule has 0 spiro atoms. The third-order valence-corrected chi connectivity index (χ3v) is 4.57. The van der Waals surface area contributed by atoms with Crippen molar-refractivity contribution in [1.82, 2.24) is 4.90 Å². The fourth-order valence-electron chi connectivity index (χ4n) is 2.31. The minimum absolute atomic E-state index is 0.255. The molecule has 1 rings (SSSR count). The molecule has 0 aliphatic heterocycles. The zero-order valence-corrected chi connectivity index (χ0v) is 17.3. The van der Waals surface area contributed by atoms with Crippen LogP contribution in [-0.2, 0) is 4.74 Å². The highest BCUT2D eigenvalue weighted by Gasteiger charge is 2.17. The van der Waals surface area contributed by atoms with Crippen LogP contribution in [0, 0.1) is 0 Å². The molecular weight excluding hydrogens is 332 g/mol. The number of nitrogens with zero attached hydrogens (tertiary/aromatic N) is 2. The van der Waals surface area contributed by atoms with Crippen LogP contribution in [0.4, 0.5) is 5.69 Å². The first-order valence-corrected chi connectivity index (χ1v) is 9.69. The van der Waals surface area contributed by atoms with E-state index >= 15 is 0 Å². The van der Waals surface area contributed by atoms with Gasteiger partial charge in [0, 0.05) is 28.9 Å². The second-order valence-corrected chi connectivity index (χ2v) is 8.29. The van der Waals surface area contributed by atoms with E-state index in [1.165, 1.54) is 0 Å². The van der Waals surface area contributed by atoms with Crippen LogP contribution in [0.5, 0.6) is 0 Å². The lowest BCUT2D eigenvalue weighted by atomic mass is 10.2. The third kappa shape index (κ3) is 7.12. The monoisotopic (exact) mass is 364 g/mol. The van der Waals surface area contributed by atoms with E-state index in [1.807, 2.05) is 32.0 Å². The summed E-state index contributed by atoms with van der Waals surface area (Å²) >= 11 is 1.76. The Kier molecular flexibility index (Phi) is 9.08. The van der Waals surface area contributed by atoms with Gasteiger partial charge in [0.15, 0.2) is 0 Å². The number of benzene rings is 1. The number of hydrogen-bond acceptors (Lipinski definition) is 5. The molecule has 1 aromatic carbocycles. The number of rotatable bonds is 10. The van der Waals surface area contributed by atoms with Crippen LogP contribution in [0.2, 0.25) is 0 Å². The van der Waals surface area contributed by atoms with Crippen LogP contribution < -0.4 is 4.90 Å². The number of anilines is 1. The SMILES string of the molecule is C=C(C)N(CCN(C)C)c1ccc(C(=O)OCCC)cc1SC(C)C. The van der Waals surface area contributed by atoms with E-state index in [9.17, 15) is 4.79 Å². The molecule has 1 aromatic rings. The normalized spacial score (nSPS) is 11.0. The van der Waals surface area contributed by atoms with Crippen molar-refractivity contribution in [2.24, 2.45) is 0 Å². The van der Waals surface area contributed by atoms with Gasteiger partial charge in [0.1, 0.15) is 0 Å². The number of hydrogen-bond donors (Lipinski definition) is 0. The van der Waals surface area contributed by atoms with Crippen molar-refractivity contribution in [3.8, 4) is 0 Å².